The van der Waals surface area contributed by atoms with Gasteiger partial charge in [0, 0.05) is 12.8 Å². The molecule has 1 saturated carbocycles. The van der Waals surface area contributed by atoms with Crippen LogP contribution >= 0.6 is 7.82 Å². The van der Waals surface area contributed by atoms with Crippen molar-refractivity contribution in [3.8, 4) is 0 Å². The van der Waals surface area contributed by atoms with Crippen LogP contribution in [0.25, 0.3) is 0 Å². The highest BCUT2D eigenvalue weighted by Gasteiger charge is 2.51. The molecule has 0 saturated heterocycles. The number of carbonyl (C=O) groups excluding carboxylic acids is 2. The van der Waals surface area contributed by atoms with Crippen molar-refractivity contribution in [3.63, 3.8) is 0 Å². The summed E-state index contributed by atoms with van der Waals surface area (Å²) in [7, 11) is -5.23. The Kier molecular flexibility index (Phi) is 34.2. The van der Waals surface area contributed by atoms with Gasteiger partial charge in [0.15, 0.2) is 6.10 Å². The van der Waals surface area contributed by atoms with E-state index in [1.807, 2.05) is 37.3 Å². The monoisotopic (exact) mass is 952 g/mol. The average molecular weight is 953 g/mol. The molecule has 0 heterocycles. The van der Waals surface area contributed by atoms with Crippen molar-refractivity contribution >= 4 is 19.8 Å². The van der Waals surface area contributed by atoms with E-state index in [2.05, 4.69) is 37.3 Å². The lowest BCUT2D eigenvalue weighted by Crippen LogP contribution is -2.64. The topological polar surface area (TPSA) is 270 Å². The van der Waals surface area contributed by atoms with Gasteiger partial charge < -0.3 is 55.2 Å². The first kappa shape index (κ1) is 60.4. The van der Waals surface area contributed by atoms with Crippen LogP contribution in [0.2, 0.25) is 0 Å². The molecule has 16 nitrogen and oxygen atoms in total. The zero-order valence-corrected chi connectivity index (χ0v) is 39.4. The molecule has 0 spiro atoms. The number of aliphatic hydroxyl groups is 8. The lowest BCUT2D eigenvalue weighted by atomic mass is 9.85. The first-order valence-electron chi connectivity index (χ1n) is 23.0. The third-order valence-corrected chi connectivity index (χ3v) is 10.9. The summed E-state index contributed by atoms with van der Waals surface area (Å²) in [5, 5.41) is 80.6. The number of rotatable bonds is 35. The van der Waals surface area contributed by atoms with Crippen molar-refractivity contribution in [3.05, 3.63) is 109 Å². The van der Waals surface area contributed by atoms with Crippen LogP contribution in [0.1, 0.15) is 110 Å². The quantitative estimate of drug-likeness (QED) is 0.0120. The Balaban J connectivity index is 2.67. The fraction of sp³-hybridized carbons (Fsp3) is 0.592. The second-order valence-electron chi connectivity index (χ2n) is 15.7. The Bertz CT molecular complexity index is 1620. The van der Waals surface area contributed by atoms with E-state index in [1.165, 1.54) is 25.3 Å². The van der Waals surface area contributed by atoms with Gasteiger partial charge in [-0.2, -0.15) is 0 Å². The number of phosphoric acid groups is 1. The number of unbranched alkanes of at least 4 members (excludes halogenated alkanes) is 4. The van der Waals surface area contributed by atoms with Gasteiger partial charge in [0.1, 0.15) is 43.2 Å². The van der Waals surface area contributed by atoms with Gasteiger partial charge in [-0.25, -0.2) is 4.57 Å². The summed E-state index contributed by atoms with van der Waals surface area (Å²) in [5.41, 5.74) is 0. The fourth-order valence-corrected chi connectivity index (χ4v) is 7.06. The molecule has 1 aliphatic carbocycles. The number of esters is 2. The predicted molar refractivity (Wildman–Crippen MR) is 252 cm³/mol. The molecule has 1 fully saturated rings. The zero-order chi connectivity index (χ0) is 49.0. The SMILES string of the molecule is CC/C=C\C[C@@H](O)/C=C/C=C/C=C\C=C/[C@H](O)[C@@H](O)CCCC(=O)OC[C@H](COP(=O)(O)OC1[C@H](O)[C@H](O)C(O)[C@H](O)[C@H]1O)OC(=O)CCC/C=C\C/C=C\C/C=C\C/C=C\CCCCC. The van der Waals surface area contributed by atoms with Gasteiger partial charge in [-0.1, -0.05) is 136 Å². The van der Waals surface area contributed by atoms with Crippen LogP contribution in [0.3, 0.4) is 0 Å². The van der Waals surface area contributed by atoms with Gasteiger partial charge in [0.05, 0.1) is 24.9 Å². The number of allylic oxidation sites excluding steroid dienone is 15. The van der Waals surface area contributed by atoms with Crippen molar-refractivity contribution in [1.29, 1.82) is 0 Å². The number of phosphoric ester groups is 1. The molecular weight excluding hydrogens is 875 g/mol. The number of ether oxygens (including phenoxy) is 2. The summed E-state index contributed by atoms with van der Waals surface area (Å²) in [6.45, 7) is 2.72. The normalized spacial score (nSPS) is 23.7. The summed E-state index contributed by atoms with van der Waals surface area (Å²) in [6, 6.07) is 0. The zero-order valence-electron chi connectivity index (χ0n) is 38.5. The molecule has 17 heteroatoms. The first-order valence-corrected chi connectivity index (χ1v) is 24.5. The van der Waals surface area contributed by atoms with Gasteiger partial charge in [-0.15, -0.1) is 0 Å². The summed E-state index contributed by atoms with van der Waals surface area (Å²) < 4.78 is 33.2. The number of hydrogen-bond donors (Lipinski definition) is 9. The Hall–Kier alpha value is -3.61. The van der Waals surface area contributed by atoms with Gasteiger partial charge in [0.25, 0.3) is 0 Å². The third kappa shape index (κ3) is 29.2. The Morgan fingerprint density at radius 2 is 1.14 bits per heavy atom. The number of hydrogen-bond acceptors (Lipinski definition) is 15. The molecule has 0 aromatic rings. The summed E-state index contributed by atoms with van der Waals surface area (Å²) in [5.74, 6) is -1.51. The fourth-order valence-electron chi connectivity index (χ4n) is 6.09. The molecule has 1 aliphatic rings. The second-order valence-corrected chi connectivity index (χ2v) is 17.1. The molecule has 374 valence electrons. The second kappa shape index (κ2) is 37.4. The van der Waals surface area contributed by atoms with E-state index in [1.54, 1.807) is 42.5 Å². The molecule has 1 rings (SSSR count). The van der Waals surface area contributed by atoms with Crippen LogP contribution in [0, 0.1) is 0 Å². The predicted octanol–water partition coefficient (Wildman–Crippen LogP) is 5.74. The number of carbonyl (C=O) groups is 2. The van der Waals surface area contributed by atoms with Gasteiger partial charge in [-0.05, 0) is 70.6 Å². The van der Waals surface area contributed by atoms with Gasteiger partial charge in [-0.3, -0.25) is 18.6 Å². The summed E-state index contributed by atoms with van der Waals surface area (Å²) in [4.78, 5) is 35.7. The third-order valence-electron chi connectivity index (χ3n) is 9.94. The minimum atomic E-state index is -5.23. The van der Waals surface area contributed by atoms with E-state index in [9.17, 15) is 59.9 Å². The Morgan fingerprint density at radius 1 is 0.606 bits per heavy atom. The lowest BCUT2D eigenvalue weighted by Gasteiger charge is -2.41. The van der Waals surface area contributed by atoms with Crippen LogP contribution < -0.4 is 0 Å². The molecule has 0 bridgehead atoms. The molecule has 0 radical (unpaired) electrons. The molecule has 0 aromatic heterocycles. The van der Waals surface area contributed by atoms with Crippen LogP contribution in [0.4, 0.5) is 0 Å². The maximum Gasteiger partial charge on any atom is 0.472 e. The molecule has 66 heavy (non-hydrogen) atoms. The minimum absolute atomic E-state index is 0.0239. The van der Waals surface area contributed by atoms with Crippen LogP contribution in [0.15, 0.2) is 109 Å². The molecular formula is C49H77O16P. The van der Waals surface area contributed by atoms with E-state index in [4.69, 9.17) is 18.5 Å². The molecule has 11 atom stereocenters. The Morgan fingerprint density at radius 3 is 1.73 bits per heavy atom. The van der Waals surface area contributed by atoms with Crippen molar-refractivity contribution in [1.82, 2.24) is 0 Å². The van der Waals surface area contributed by atoms with Crippen molar-refractivity contribution in [2.24, 2.45) is 0 Å². The molecule has 9 N–H and O–H groups in total. The van der Waals surface area contributed by atoms with E-state index in [0.29, 0.717) is 25.7 Å². The smallest absolute Gasteiger partial charge is 0.462 e. The van der Waals surface area contributed by atoms with Crippen molar-refractivity contribution in [2.75, 3.05) is 13.2 Å². The van der Waals surface area contributed by atoms with Crippen LogP contribution in [-0.2, 0) is 32.7 Å². The lowest BCUT2D eigenvalue weighted by molar-refractivity contribution is -0.220. The minimum Gasteiger partial charge on any atom is -0.462 e. The highest BCUT2D eigenvalue weighted by molar-refractivity contribution is 7.47. The van der Waals surface area contributed by atoms with Gasteiger partial charge >= 0.3 is 19.8 Å². The van der Waals surface area contributed by atoms with Crippen molar-refractivity contribution < 1.29 is 78.4 Å². The molecule has 3 unspecified atom stereocenters. The summed E-state index contributed by atoms with van der Waals surface area (Å²) in [6.07, 6.45) is 26.4. The first-order chi connectivity index (χ1) is 31.6. The largest absolute Gasteiger partial charge is 0.472 e. The van der Waals surface area contributed by atoms with Crippen LogP contribution in [-0.4, -0.2) is 132 Å². The van der Waals surface area contributed by atoms with Crippen molar-refractivity contribution in [2.45, 2.75) is 171 Å². The highest BCUT2D eigenvalue weighted by atomic mass is 31.2. The van der Waals surface area contributed by atoms with E-state index >= 15 is 0 Å². The Labute approximate surface area is 391 Å². The average Bonchev–Trinajstić information content (AvgIpc) is 3.29. The highest BCUT2D eigenvalue weighted by Crippen LogP contribution is 2.47. The molecule has 0 aliphatic heterocycles. The number of aliphatic hydroxyl groups excluding tert-OH is 8. The maximum atomic E-state index is 12.8. The molecule has 0 aromatic carbocycles. The standard InChI is InChI=1S/C49H77O16P/c1-3-5-7-8-9-10-11-12-13-14-15-16-17-18-19-24-28-34-43(54)64-39(37-63-66(60,61)65-49-47(58)45(56)44(55)46(57)48(49)59)36-62-42(53)35-29-33-41(52)40(51)32-27-23-21-20-22-26-31-38(50)30-25-6-4-2/h6,9-10,12-13,15-16,18-23,25-27,31-32,38-41,44-52,55-59H,3-5,7-8,11,14,17,24,28-30,33-37H2,1-2H3,(H,60,61)/b10-9-,13-12-,16-15-,19-18-,22-20+,23-21-,25-6-,31-26+,32-27-/t38-,39-,40+,41+,44?,45-,46+,47-,48-,49?/m1/s1. The van der Waals surface area contributed by atoms with Gasteiger partial charge in [0.2, 0.25) is 0 Å². The van der Waals surface area contributed by atoms with Crippen LogP contribution in [0.5, 0.6) is 0 Å². The van der Waals surface area contributed by atoms with E-state index < -0.39 is 94.0 Å². The van der Waals surface area contributed by atoms with E-state index in [-0.39, 0.29) is 25.7 Å². The van der Waals surface area contributed by atoms with E-state index in [0.717, 1.165) is 25.7 Å². The maximum absolute atomic E-state index is 12.8. The molecule has 0 amide bonds. The summed E-state index contributed by atoms with van der Waals surface area (Å²) >= 11 is 0.